The molecule has 1 aliphatic heterocycles. The van der Waals surface area contributed by atoms with Gasteiger partial charge in [0.2, 0.25) is 41.4 Å². The maximum atomic E-state index is 14.2. The molecule has 0 spiro atoms. The molecule has 0 bridgehead atoms. The summed E-state index contributed by atoms with van der Waals surface area (Å²) in [5.74, 6) is -7.31. The molecule has 1 saturated heterocycles. The number of hydrogen-bond acceptors (Lipinski definition) is 9. The van der Waals surface area contributed by atoms with E-state index >= 15 is 0 Å². The highest BCUT2D eigenvalue weighted by molar-refractivity contribution is 6.31. The third-order valence-corrected chi connectivity index (χ3v) is 10.5. The van der Waals surface area contributed by atoms with Gasteiger partial charge in [-0.15, -0.1) is 0 Å². The Labute approximate surface area is 331 Å². The van der Waals surface area contributed by atoms with Gasteiger partial charge in [-0.25, -0.2) is 0 Å². The summed E-state index contributed by atoms with van der Waals surface area (Å²) in [6.07, 6.45) is 0.738. The molecule has 9 atom stereocenters. The predicted octanol–water partition coefficient (Wildman–Crippen LogP) is 0.00960. The second-order valence-corrected chi connectivity index (χ2v) is 15.4. The SMILES string of the molecule is CCC(C)CC1NC(=O)C(C(C)C)NC(=O)C(Cc2c[nH]c3ccc(Cl)cc23)NC(=O)C(C(O)C(N)=O)NC(=O)C(CCCN)NC(=O)C(C(C)CC)NC1=O. The van der Waals surface area contributed by atoms with Crippen LogP contribution in [-0.4, -0.2) is 100 Å². The zero-order chi connectivity index (χ0) is 41.9. The van der Waals surface area contributed by atoms with E-state index in [0.717, 1.165) is 0 Å². The number of aromatic nitrogens is 1. The number of nitrogens with two attached hydrogens (primary N) is 2. The molecule has 12 N–H and O–H groups in total. The number of aliphatic hydroxyl groups is 1. The van der Waals surface area contributed by atoms with E-state index in [2.05, 4.69) is 36.9 Å². The number of amides is 7. The Kier molecular flexibility index (Phi) is 17.1. The van der Waals surface area contributed by atoms with Crippen LogP contribution in [0.15, 0.2) is 24.4 Å². The number of primary amides is 1. The van der Waals surface area contributed by atoms with Crippen LogP contribution in [0.2, 0.25) is 5.02 Å². The maximum Gasteiger partial charge on any atom is 0.248 e. The third-order valence-electron chi connectivity index (χ3n) is 10.3. The fourth-order valence-electron chi connectivity index (χ4n) is 6.38. The van der Waals surface area contributed by atoms with Crippen LogP contribution in [0.4, 0.5) is 0 Å². The van der Waals surface area contributed by atoms with E-state index < -0.39 is 95.5 Å². The van der Waals surface area contributed by atoms with E-state index in [0.29, 0.717) is 34.3 Å². The van der Waals surface area contributed by atoms with Crippen molar-refractivity contribution in [3.05, 3.63) is 35.0 Å². The van der Waals surface area contributed by atoms with Crippen molar-refractivity contribution in [3.8, 4) is 0 Å². The Balaban J connectivity index is 2.19. The number of H-pyrrole nitrogens is 1. The molecule has 56 heavy (non-hydrogen) atoms. The summed E-state index contributed by atoms with van der Waals surface area (Å²) in [5, 5.41) is 27.7. The summed E-state index contributed by atoms with van der Waals surface area (Å²) in [6.45, 7) is 10.9. The number of benzene rings is 1. The molecule has 0 saturated carbocycles. The Bertz CT molecular complexity index is 1740. The smallest absolute Gasteiger partial charge is 0.248 e. The van der Waals surface area contributed by atoms with Crippen molar-refractivity contribution in [1.29, 1.82) is 0 Å². The van der Waals surface area contributed by atoms with E-state index in [9.17, 15) is 38.7 Å². The molecule has 17 nitrogen and oxygen atoms in total. The van der Waals surface area contributed by atoms with Gasteiger partial charge in [-0.1, -0.05) is 66.0 Å². The zero-order valence-corrected chi connectivity index (χ0v) is 33.6. The van der Waals surface area contributed by atoms with Gasteiger partial charge in [0.25, 0.3) is 0 Å². The second-order valence-electron chi connectivity index (χ2n) is 15.0. The first-order chi connectivity index (χ1) is 26.4. The van der Waals surface area contributed by atoms with Crippen molar-refractivity contribution in [2.24, 2.45) is 29.2 Å². The molecule has 310 valence electrons. The molecule has 1 aromatic carbocycles. The average molecular weight is 804 g/mol. The van der Waals surface area contributed by atoms with Gasteiger partial charge in [-0.05, 0) is 67.3 Å². The minimum atomic E-state index is -2.27. The number of carbonyl (C=O) groups is 7. The van der Waals surface area contributed by atoms with Gasteiger partial charge in [-0.2, -0.15) is 0 Å². The third kappa shape index (κ3) is 12.1. The molecular formula is C38H58ClN9O8. The molecule has 0 radical (unpaired) electrons. The van der Waals surface area contributed by atoms with Crippen molar-refractivity contribution in [2.75, 3.05) is 6.54 Å². The molecule has 3 rings (SSSR count). The minimum Gasteiger partial charge on any atom is -0.381 e. The topological polar surface area (TPSA) is 280 Å². The fraction of sp³-hybridized carbons (Fsp3) is 0.605. The van der Waals surface area contributed by atoms with Gasteiger partial charge >= 0.3 is 0 Å². The van der Waals surface area contributed by atoms with Gasteiger partial charge in [0.15, 0.2) is 6.10 Å². The van der Waals surface area contributed by atoms with Gasteiger partial charge in [0, 0.05) is 28.5 Å². The second kappa shape index (κ2) is 21.0. The van der Waals surface area contributed by atoms with Crippen LogP contribution in [0, 0.1) is 17.8 Å². The normalized spacial score (nSPS) is 25.1. The van der Waals surface area contributed by atoms with Crippen molar-refractivity contribution in [3.63, 3.8) is 0 Å². The lowest BCUT2D eigenvalue weighted by atomic mass is 9.94. The summed E-state index contributed by atoms with van der Waals surface area (Å²) in [6, 6.07) is -3.25. The standard InChI is InChI=1S/C38H58ClN9O8/c1-7-19(5)14-26-34(52)47-29(20(6)8-2)37(55)43-25(10-9-13-40)33(51)48-30(31(49)32(41)50)38(56)45-27(35(53)46-28(18(3)4)36(54)44-26)15-21-17-42-24-12-11-22(39)16-23(21)24/h11-12,16-20,25-31,42,49H,7-10,13-15,40H2,1-6H3,(H2,41,50)(H,43,55)(H,44,54)(H,45,56)(H,46,53)(H,47,52)(H,48,51). The maximum absolute atomic E-state index is 14.2. The van der Waals surface area contributed by atoms with Crippen molar-refractivity contribution in [2.45, 2.75) is 122 Å². The first-order valence-corrected chi connectivity index (χ1v) is 19.5. The molecule has 0 aliphatic carbocycles. The lowest BCUT2D eigenvalue weighted by Crippen LogP contribution is -2.65. The molecule has 1 aromatic heterocycles. The van der Waals surface area contributed by atoms with Crippen LogP contribution in [0.25, 0.3) is 10.9 Å². The Morgan fingerprint density at radius 1 is 0.768 bits per heavy atom. The molecule has 7 amide bonds. The van der Waals surface area contributed by atoms with Gasteiger partial charge < -0.3 is 53.5 Å². The van der Waals surface area contributed by atoms with Crippen LogP contribution in [0.1, 0.15) is 79.2 Å². The van der Waals surface area contributed by atoms with Gasteiger partial charge in [-0.3, -0.25) is 33.6 Å². The quantitative estimate of drug-likeness (QED) is 0.130. The first kappa shape index (κ1) is 45.6. The monoisotopic (exact) mass is 803 g/mol. The van der Waals surface area contributed by atoms with Crippen LogP contribution in [0.5, 0.6) is 0 Å². The van der Waals surface area contributed by atoms with Gasteiger partial charge in [0.1, 0.15) is 36.3 Å². The Morgan fingerprint density at radius 3 is 1.93 bits per heavy atom. The lowest BCUT2D eigenvalue weighted by molar-refractivity contribution is -0.141. The number of hydrogen-bond donors (Lipinski definition) is 10. The minimum absolute atomic E-state index is 0.0201. The molecule has 1 aliphatic rings. The molecule has 2 heterocycles. The lowest BCUT2D eigenvalue weighted by Gasteiger charge is -2.32. The summed E-state index contributed by atoms with van der Waals surface area (Å²) in [5.41, 5.74) is 12.3. The molecular weight excluding hydrogens is 746 g/mol. The summed E-state index contributed by atoms with van der Waals surface area (Å²) in [4.78, 5) is 99.4. The zero-order valence-electron chi connectivity index (χ0n) is 32.9. The molecule has 9 unspecified atom stereocenters. The van der Waals surface area contributed by atoms with Crippen LogP contribution < -0.4 is 43.4 Å². The van der Waals surface area contributed by atoms with Crippen LogP contribution in [0.3, 0.4) is 0 Å². The largest absolute Gasteiger partial charge is 0.381 e. The summed E-state index contributed by atoms with van der Waals surface area (Å²) in [7, 11) is 0. The number of halogens is 1. The number of aromatic amines is 1. The highest BCUT2D eigenvalue weighted by Crippen LogP contribution is 2.24. The molecule has 2 aromatic rings. The number of carbonyl (C=O) groups excluding carboxylic acids is 7. The number of rotatable bonds is 13. The Morgan fingerprint density at radius 2 is 1.32 bits per heavy atom. The highest BCUT2D eigenvalue weighted by Gasteiger charge is 2.39. The number of fused-ring (bicyclic) bond motifs is 1. The average Bonchev–Trinajstić information content (AvgIpc) is 3.55. The molecule has 18 heteroatoms. The van der Waals surface area contributed by atoms with E-state index in [1.165, 1.54) is 0 Å². The number of aliphatic hydroxyl groups excluding tert-OH is 1. The van der Waals surface area contributed by atoms with Crippen LogP contribution >= 0.6 is 11.6 Å². The van der Waals surface area contributed by atoms with Gasteiger partial charge in [0.05, 0.1) is 0 Å². The molecule has 1 fully saturated rings. The predicted molar refractivity (Wildman–Crippen MR) is 210 cm³/mol. The van der Waals surface area contributed by atoms with E-state index in [1.807, 2.05) is 20.8 Å². The first-order valence-electron chi connectivity index (χ1n) is 19.2. The summed E-state index contributed by atoms with van der Waals surface area (Å²) >= 11 is 6.27. The highest BCUT2D eigenvalue weighted by atomic mass is 35.5. The van der Waals surface area contributed by atoms with E-state index in [-0.39, 0.29) is 38.1 Å². The van der Waals surface area contributed by atoms with E-state index in [1.54, 1.807) is 45.2 Å². The van der Waals surface area contributed by atoms with Crippen molar-refractivity contribution in [1.82, 2.24) is 36.9 Å². The fourth-order valence-corrected chi connectivity index (χ4v) is 6.55. The van der Waals surface area contributed by atoms with Crippen molar-refractivity contribution >= 4 is 63.9 Å². The number of nitrogens with one attached hydrogen (secondary N) is 7. The van der Waals surface area contributed by atoms with E-state index in [4.69, 9.17) is 23.1 Å². The van der Waals surface area contributed by atoms with Crippen molar-refractivity contribution < 1.29 is 38.7 Å². The Hall–Kier alpha value is -4.74. The summed E-state index contributed by atoms with van der Waals surface area (Å²) < 4.78 is 0. The van der Waals surface area contributed by atoms with Crippen LogP contribution in [-0.2, 0) is 40.0 Å².